The van der Waals surface area contributed by atoms with Crippen LogP contribution < -0.4 is 10.1 Å². The summed E-state index contributed by atoms with van der Waals surface area (Å²) in [5.74, 6) is 0.0113. The molecule has 1 heterocycles. The van der Waals surface area contributed by atoms with Crippen LogP contribution in [0.5, 0.6) is 5.75 Å². The van der Waals surface area contributed by atoms with Gasteiger partial charge < -0.3 is 10.1 Å². The molecule has 1 aliphatic heterocycles. The molecule has 0 atom stereocenters. The molecule has 0 spiro atoms. The third-order valence-corrected chi connectivity index (χ3v) is 5.08. The Morgan fingerprint density at radius 3 is 2.20 bits per heavy atom. The van der Waals surface area contributed by atoms with Crippen LogP contribution in [0.1, 0.15) is 33.6 Å². The number of amides is 3. The first kappa shape index (κ1) is 19.6. The molecule has 0 saturated carbocycles. The van der Waals surface area contributed by atoms with Crippen molar-refractivity contribution >= 4 is 28.5 Å². The second-order valence-corrected chi connectivity index (χ2v) is 7.09. The van der Waals surface area contributed by atoms with Crippen molar-refractivity contribution in [3.8, 4) is 5.75 Å². The summed E-state index contributed by atoms with van der Waals surface area (Å²) in [5, 5.41) is 4.38. The van der Waals surface area contributed by atoms with Crippen LogP contribution >= 0.6 is 0 Å². The summed E-state index contributed by atoms with van der Waals surface area (Å²) in [6.45, 7) is 0.973. The van der Waals surface area contributed by atoms with Crippen LogP contribution in [0.2, 0.25) is 0 Å². The molecule has 1 N–H and O–H groups in total. The number of ether oxygens (including phenoxy) is 1. The monoisotopic (exact) mass is 402 g/mol. The number of para-hydroxylation sites is 1. The lowest BCUT2D eigenvalue weighted by Gasteiger charge is -2.27. The predicted octanol–water partition coefficient (Wildman–Crippen LogP) is 3.41. The summed E-state index contributed by atoms with van der Waals surface area (Å²) >= 11 is 0. The first-order valence-electron chi connectivity index (χ1n) is 9.97. The fraction of sp³-hybridized carbons (Fsp3) is 0.208. The fourth-order valence-electron chi connectivity index (χ4n) is 3.65. The molecule has 0 aliphatic carbocycles. The maximum atomic E-state index is 12.8. The van der Waals surface area contributed by atoms with Gasteiger partial charge in [0.05, 0.1) is 6.54 Å². The van der Waals surface area contributed by atoms with Crippen LogP contribution in [0, 0.1) is 0 Å². The second kappa shape index (κ2) is 8.78. The number of hydrogen-bond donors (Lipinski definition) is 1. The molecule has 0 radical (unpaired) electrons. The highest BCUT2D eigenvalue weighted by Crippen LogP contribution is 2.30. The van der Waals surface area contributed by atoms with Gasteiger partial charge in [-0.05, 0) is 36.1 Å². The van der Waals surface area contributed by atoms with Gasteiger partial charge in [0, 0.05) is 29.5 Å². The third-order valence-electron chi connectivity index (χ3n) is 5.08. The number of nitrogens with one attached hydrogen (secondary N) is 1. The average Bonchev–Trinajstić information content (AvgIpc) is 2.78. The van der Waals surface area contributed by atoms with Crippen LogP contribution in [-0.2, 0) is 4.79 Å². The van der Waals surface area contributed by atoms with E-state index in [2.05, 4.69) is 5.32 Å². The summed E-state index contributed by atoms with van der Waals surface area (Å²) in [6, 6.07) is 20.3. The lowest BCUT2D eigenvalue weighted by atomic mass is 9.94. The second-order valence-electron chi connectivity index (χ2n) is 7.09. The summed E-state index contributed by atoms with van der Waals surface area (Å²) < 4.78 is 5.53. The van der Waals surface area contributed by atoms with Gasteiger partial charge in [0.25, 0.3) is 11.8 Å². The number of nitrogens with zero attached hydrogens (tertiary/aromatic N) is 1. The van der Waals surface area contributed by atoms with Gasteiger partial charge in [-0.1, -0.05) is 42.5 Å². The van der Waals surface area contributed by atoms with Crippen molar-refractivity contribution in [1.29, 1.82) is 0 Å². The SMILES string of the molecule is O=C(CCCN1C(=O)c2cccc3cccc(c23)C1=O)NCCOc1ccccc1. The highest BCUT2D eigenvalue weighted by molar-refractivity contribution is 6.25. The molecule has 6 nitrogen and oxygen atoms in total. The van der Waals surface area contributed by atoms with Crippen molar-refractivity contribution in [2.75, 3.05) is 19.7 Å². The standard InChI is InChI=1S/C24H22N2O4/c27-21(25-14-16-30-18-9-2-1-3-10-18)13-6-15-26-23(28)19-11-4-7-17-8-5-12-20(22(17)19)24(26)29/h1-5,7-12H,6,13-16H2,(H,25,27). The van der Waals surface area contributed by atoms with Crippen LogP contribution in [0.15, 0.2) is 66.7 Å². The van der Waals surface area contributed by atoms with Crippen LogP contribution in [0.25, 0.3) is 10.8 Å². The number of hydrogen-bond acceptors (Lipinski definition) is 4. The molecule has 0 unspecified atom stereocenters. The highest BCUT2D eigenvalue weighted by atomic mass is 16.5. The van der Waals surface area contributed by atoms with E-state index >= 15 is 0 Å². The maximum absolute atomic E-state index is 12.8. The maximum Gasteiger partial charge on any atom is 0.261 e. The van der Waals surface area contributed by atoms with Gasteiger partial charge in [-0.15, -0.1) is 0 Å². The summed E-state index contributed by atoms with van der Waals surface area (Å²) in [4.78, 5) is 38.9. The van der Waals surface area contributed by atoms with E-state index in [-0.39, 0.29) is 30.7 Å². The molecule has 4 rings (SSSR count). The Kier molecular flexibility index (Phi) is 5.75. The van der Waals surface area contributed by atoms with Gasteiger partial charge in [0.2, 0.25) is 5.91 Å². The number of carbonyl (C=O) groups excluding carboxylic acids is 3. The van der Waals surface area contributed by atoms with Gasteiger partial charge in [-0.3, -0.25) is 19.3 Å². The Hall–Kier alpha value is -3.67. The number of imide groups is 1. The van der Waals surface area contributed by atoms with Gasteiger partial charge >= 0.3 is 0 Å². The molecule has 30 heavy (non-hydrogen) atoms. The molecular formula is C24H22N2O4. The zero-order chi connectivity index (χ0) is 20.9. The minimum atomic E-state index is -0.305. The Bertz CT molecular complexity index is 1040. The van der Waals surface area contributed by atoms with Crippen molar-refractivity contribution in [1.82, 2.24) is 10.2 Å². The number of benzene rings is 3. The largest absolute Gasteiger partial charge is 0.492 e. The first-order valence-corrected chi connectivity index (χ1v) is 9.97. The minimum Gasteiger partial charge on any atom is -0.492 e. The summed E-state index contributed by atoms with van der Waals surface area (Å²) in [6.07, 6.45) is 0.634. The molecule has 3 aromatic carbocycles. The van der Waals surface area contributed by atoms with Crippen LogP contribution in [0.3, 0.4) is 0 Å². The van der Waals surface area contributed by atoms with Crippen molar-refractivity contribution < 1.29 is 19.1 Å². The van der Waals surface area contributed by atoms with E-state index in [0.29, 0.717) is 36.1 Å². The fourth-order valence-corrected chi connectivity index (χ4v) is 3.65. The first-order chi connectivity index (χ1) is 14.6. The minimum absolute atomic E-state index is 0.133. The molecule has 0 bridgehead atoms. The van der Waals surface area contributed by atoms with E-state index in [1.165, 1.54) is 4.90 Å². The molecule has 0 saturated heterocycles. The van der Waals surface area contributed by atoms with Gasteiger partial charge in [-0.25, -0.2) is 0 Å². The van der Waals surface area contributed by atoms with E-state index in [9.17, 15) is 14.4 Å². The zero-order valence-electron chi connectivity index (χ0n) is 16.5. The average molecular weight is 402 g/mol. The molecule has 0 fully saturated rings. The zero-order valence-corrected chi connectivity index (χ0v) is 16.5. The van der Waals surface area contributed by atoms with Crippen LogP contribution in [0.4, 0.5) is 0 Å². The predicted molar refractivity (Wildman–Crippen MR) is 113 cm³/mol. The molecule has 3 amide bonds. The normalized spacial score (nSPS) is 12.9. The summed E-state index contributed by atoms with van der Waals surface area (Å²) in [5.41, 5.74) is 1.07. The number of carbonyl (C=O) groups is 3. The molecule has 3 aromatic rings. The smallest absolute Gasteiger partial charge is 0.261 e. The molecule has 152 valence electrons. The molecular weight excluding hydrogens is 380 g/mol. The lowest BCUT2D eigenvalue weighted by molar-refractivity contribution is -0.121. The lowest BCUT2D eigenvalue weighted by Crippen LogP contribution is -2.41. The Labute approximate surface area is 174 Å². The van der Waals surface area contributed by atoms with E-state index in [1.807, 2.05) is 54.6 Å². The van der Waals surface area contributed by atoms with Crippen LogP contribution in [-0.4, -0.2) is 42.3 Å². The quantitative estimate of drug-likeness (QED) is 0.463. The molecule has 6 heteroatoms. The summed E-state index contributed by atoms with van der Waals surface area (Å²) in [7, 11) is 0. The van der Waals surface area contributed by atoms with Gasteiger partial charge in [0.1, 0.15) is 12.4 Å². The molecule has 0 aromatic heterocycles. The van der Waals surface area contributed by atoms with E-state index in [1.54, 1.807) is 12.1 Å². The van der Waals surface area contributed by atoms with Crippen molar-refractivity contribution in [2.45, 2.75) is 12.8 Å². The number of rotatable bonds is 8. The van der Waals surface area contributed by atoms with Gasteiger partial charge in [-0.2, -0.15) is 0 Å². The topological polar surface area (TPSA) is 75.7 Å². The van der Waals surface area contributed by atoms with E-state index in [0.717, 1.165) is 11.1 Å². The van der Waals surface area contributed by atoms with Gasteiger partial charge in [0.15, 0.2) is 0 Å². The molecule has 1 aliphatic rings. The Morgan fingerprint density at radius 1 is 0.867 bits per heavy atom. The van der Waals surface area contributed by atoms with Crippen molar-refractivity contribution in [3.63, 3.8) is 0 Å². The third kappa shape index (κ3) is 4.03. The van der Waals surface area contributed by atoms with Crippen molar-refractivity contribution in [3.05, 3.63) is 77.9 Å². The highest BCUT2D eigenvalue weighted by Gasteiger charge is 2.32. The Morgan fingerprint density at radius 2 is 1.53 bits per heavy atom. The van der Waals surface area contributed by atoms with E-state index in [4.69, 9.17) is 4.74 Å². The van der Waals surface area contributed by atoms with Crippen molar-refractivity contribution in [2.24, 2.45) is 0 Å². The van der Waals surface area contributed by atoms with E-state index < -0.39 is 0 Å². The Balaban J connectivity index is 1.27.